The van der Waals surface area contributed by atoms with E-state index in [1.165, 1.54) is 18.2 Å². The van der Waals surface area contributed by atoms with E-state index in [0.717, 1.165) is 5.56 Å². The zero-order valence-corrected chi connectivity index (χ0v) is 11.1. The molecule has 2 rings (SSSR count). The van der Waals surface area contributed by atoms with Gasteiger partial charge in [0, 0.05) is 11.4 Å². The molecule has 0 unspecified atom stereocenters. The summed E-state index contributed by atoms with van der Waals surface area (Å²) in [7, 11) is 1.57. The molecule has 0 amide bonds. The van der Waals surface area contributed by atoms with Gasteiger partial charge in [0.15, 0.2) is 5.78 Å². The molecule has 0 aliphatic rings. The maximum absolute atomic E-state index is 13.5. The second-order valence-electron chi connectivity index (χ2n) is 4.07. The Balaban J connectivity index is 2.18. The average molecular weight is 279 g/mol. The molecule has 0 heterocycles. The molecule has 98 valence electrons. The largest absolute Gasteiger partial charge is 0.497 e. The fraction of sp³-hybridized carbons (Fsp3) is 0.133. The van der Waals surface area contributed by atoms with Gasteiger partial charge in [-0.2, -0.15) is 0 Å². The van der Waals surface area contributed by atoms with Crippen molar-refractivity contribution in [2.45, 2.75) is 6.42 Å². The van der Waals surface area contributed by atoms with Gasteiger partial charge in [0.2, 0.25) is 0 Å². The van der Waals surface area contributed by atoms with Crippen molar-refractivity contribution < 1.29 is 13.9 Å². The summed E-state index contributed by atoms with van der Waals surface area (Å²) in [6, 6.07) is 11.0. The molecular formula is C15H12ClFO2. The summed E-state index contributed by atoms with van der Waals surface area (Å²) in [4.78, 5) is 12.0. The monoisotopic (exact) mass is 278 g/mol. The number of carbonyl (C=O) groups is 1. The van der Waals surface area contributed by atoms with Crippen molar-refractivity contribution in [3.8, 4) is 5.75 Å². The van der Waals surface area contributed by atoms with Crippen LogP contribution in [0.4, 0.5) is 4.39 Å². The number of ketones is 1. The first-order valence-electron chi connectivity index (χ1n) is 5.71. The van der Waals surface area contributed by atoms with E-state index in [1.807, 2.05) is 0 Å². The van der Waals surface area contributed by atoms with E-state index in [0.29, 0.717) is 10.8 Å². The molecule has 4 heteroatoms. The topological polar surface area (TPSA) is 26.3 Å². The van der Waals surface area contributed by atoms with Crippen LogP contribution >= 0.6 is 11.6 Å². The van der Waals surface area contributed by atoms with Crippen molar-refractivity contribution in [1.29, 1.82) is 0 Å². The maximum Gasteiger partial charge on any atom is 0.170 e. The number of hydrogen-bond acceptors (Lipinski definition) is 2. The summed E-state index contributed by atoms with van der Waals surface area (Å²) in [6.07, 6.45) is 0.126. The zero-order chi connectivity index (χ0) is 13.8. The molecule has 2 aromatic rings. The van der Waals surface area contributed by atoms with Gasteiger partial charge in [-0.3, -0.25) is 4.79 Å². The Morgan fingerprint density at radius 2 is 1.89 bits per heavy atom. The Bertz CT molecular complexity index is 594. The summed E-state index contributed by atoms with van der Waals surface area (Å²) in [5.41, 5.74) is 0.813. The van der Waals surface area contributed by atoms with Crippen molar-refractivity contribution in [3.05, 3.63) is 64.4 Å². The predicted molar refractivity (Wildman–Crippen MR) is 72.4 cm³/mol. The molecule has 0 aliphatic heterocycles. The maximum atomic E-state index is 13.5. The van der Waals surface area contributed by atoms with E-state index in [1.54, 1.807) is 31.4 Å². The fourth-order valence-electron chi connectivity index (χ4n) is 1.74. The molecule has 19 heavy (non-hydrogen) atoms. The second kappa shape index (κ2) is 5.85. The van der Waals surface area contributed by atoms with Crippen LogP contribution in [0, 0.1) is 5.82 Å². The minimum atomic E-state index is -0.553. The van der Waals surface area contributed by atoms with Crippen LogP contribution in [-0.4, -0.2) is 12.9 Å². The highest BCUT2D eigenvalue weighted by Gasteiger charge is 2.13. The van der Waals surface area contributed by atoms with Crippen molar-refractivity contribution in [1.82, 2.24) is 0 Å². The quantitative estimate of drug-likeness (QED) is 0.793. The number of Topliss-reactive ketones (excluding diaryl/α,β-unsaturated/α-hetero) is 1. The number of carbonyl (C=O) groups excluding carboxylic acids is 1. The van der Waals surface area contributed by atoms with Crippen LogP contribution in [-0.2, 0) is 6.42 Å². The van der Waals surface area contributed by atoms with Crippen LogP contribution in [0.2, 0.25) is 5.02 Å². The normalized spacial score (nSPS) is 10.3. The minimum Gasteiger partial charge on any atom is -0.497 e. The molecule has 0 saturated heterocycles. The summed E-state index contributed by atoms with van der Waals surface area (Å²) >= 11 is 5.77. The highest BCUT2D eigenvalue weighted by molar-refractivity contribution is 6.31. The van der Waals surface area contributed by atoms with Gasteiger partial charge in [-0.25, -0.2) is 4.39 Å². The van der Waals surface area contributed by atoms with Gasteiger partial charge in [0.25, 0.3) is 0 Å². The third-order valence-electron chi connectivity index (χ3n) is 2.75. The van der Waals surface area contributed by atoms with E-state index >= 15 is 0 Å². The molecule has 0 radical (unpaired) electrons. The number of ether oxygens (including phenoxy) is 1. The molecule has 2 aromatic carbocycles. The molecule has 0 saturated carbocycles. The van der Waals surface area contributed by atoms with Gasteiger partial charge in [-0.15, -0.1) is 0 Å². The van der Waals surface area contributed by atoms with Crippen molar-refractivity contribution in [2.75, 3.05) is 7.11 Å². The lowest BCUT2D eigenvalue weighted by atomic mass is 10.0. The molecule has 0 spiro atoms. The third-order valence-corrected chi connectivity index (χ3v) is 2.99. The van der Waals surface area contributed by atoms with Gasteiger partial charge in [-0.05, 0) is 35.9 Å². The SMILES string of the molecule is COc1ccc(CC(=O)c2cc(Cl)ccc2F)cc1. The van der Waals surface area contributed by atoms with Crippen LogP contribution in [0.25, 0.3) is 0 Å². The predicted octanol–water partition coefficient (Wildman–Crippen LogP) is 3.91. The van der Waals surface area contributed by atoms with Crippen LogP contribution in [0.15, 0.2) is 42.5 Å². The van der Waals surface area contributed by atoms with E-state index in [4.69, 9.17) is 16.3 Å². The van der Waals surface area contributed by atoms with Crippen LogP contribution in [0.1, 0.15) is 15.9 Å². The van der Waals surface area contributed by atoms with Crippen molar-refractivity contribution in [2.24, 2.45) is 0 Å². The smallest absolute Gasteiger partial charge is 0.170 e. The summed E-state index contributed by atoms with van der Waals surface area (Å²) in [6.45, 7) is 0. The van der Waals surface area contributed by atoms with Crippen molar-refractivity contribution in [3.63, 3.8) is 0 Å². The summed E-state index contributed by atoms with van der Waals surface area (Å²) in [5, 5.41) is 0.347. The lowest BCUT2D eigenvalue weighted by Crippen LogP contribution is -2.06. The van der Waals surface area contributed by atoms with Gasteiger partial charge >= 0.3 is 0 Å². The Hall–Kier alpha value is -1.87. The number of halogens is 2. The molecular weight excluding hydrogens is 267 g/mol. The number of methoxy groups -OCH3 is 1. The lowest BCUT2D eigenvalue weighted by Gasteiger charge is -2.05. The Morgan fingerprint density at radius 1 is 1.21 bits per heavy atom. The van der Waals surface area contributed by atoms with E-state index < -0.39 is 5.82 Å². The molecule has 0 aliphatic carbocycles. The average Bonchev–Trinajstić information content (AvgIpc) is 2.42. The first-order valence-corrected chi connectivity index (χ1v) is 6.09. The molecule has 0 fully saturated rings. The molecule has 0 N–H and O–H groups in total. The number of hydrogen-bond donors (Lipinski definition) is 0. The van der Waals surface area contributed by atoms with Crippen LogP contribution in [0.3, 0.4) is 0 Å². The Kier molecular flexibility index (Phi) is 4.17. The minimum absolute atomic E-state index is 0.0170. The first-order chi connectivity index (χ1) is 9.10. The third kappa shape index (κ3) is 3.32. The van der Waals surface area contributed by atoms with E-state index in [2.05, 4.69) is 0 Å². The van der Waals surface area contributed by atoms with Gasteiger partial charge < -0.3 is 4.74 Å². The van der Waals surface area contributed by atoms with Gasteiger partial charge in [-0.1, -0.05) is 23.7 Å². The highest BCUT2D eigenvalue weighted by Crippen LogP contribution is 2.18. The van der Waals surface area contributed by atoms with Crippen molar-refractivity contribution >= 4 is 17.4 Å². The first kappa shape index (κ1) is 13.6. The van der Waals surface area contributed by atoms with Gasteiger partial charge in [0.1, 0.15) is 11.6 Å². The Labute approximate surface area is 115 Å². The van der Waals surface area contributed by atoms with Gasteiger partial charge in [0.05, 0.1) is 12.7 Å². The fourth-order valence-corrected chi connectivity index (χ4v) is 1.91. The summed E-state index contributed by atoms with van der Waals surface area (Å²) in [5.74, 6) is -0.141. The number of rotatable bonds is 4. The second-order valence-corrected chi connectivity index (χ2v) is 4.51. The van der Waals surface area contributed by atoms with Crippen LogP contribution in [0.5, 0.6) is 5.75 Å². The van der Waals surface area contributed by atoms with Crippen LogP contribution < -0.4 is 4.74 Å². The molecule has 0 bridgehead atoms. The highest BCUT2D eigenvalue weighted by atomic mass is 35.5. The van der Waals surface area contributed by atoms with E-state index in [-0.39, 0.29) is 17.8 Å². The zero-order valence-electron chi connectivity index (χ0n) is 10.3. The Morgan fingerprint density at radius 3 is 2.53 bits per heavy atom. The number of benzene rings is 2. The van der Waals surface area contributed by atoms with E-state index in [9.17, 15) is 9.18 Å². The standard InChI is InChI=1S/C15H12ClFO2/c1-19-12-5-2-10(3-6-12)8-15(18)13-9-11(16)4-7-14(13)17/h2-7,9H,8H2,1H3. The molecule has 2 nitrogen and oxygen atoms in total. The summed E-state index contributed by atoms with van der Waals surface area (Å²) < 4.78 is 18.6. The molecule has 0 atom stereocenters. The lowest BCUT2D eigenvalue weighted by molar-refractivity contribution is 0.0989. The molecule has 0 aromatic heterocycles.